The van der Waals surface area contributed by atoms with Crippen LogP contribution in [0.5, 0.6) is 11.5 Å². The van der Waals surface area contributed by atoms with Crippen LogP contribution in [0.2, 0.25) is 0 Å². The van der Waals surface area contributed by atoms with E-state index in [1.165, 1.54) is 17.6 Å². The minimum Gasteiger partial charge on any atom is -0.493 e. The summed E-state index contributed by atoms with van der Waals surface area (Å²) in [5.74, 6) is 0.906. The molecule has 0 unspecified atom stereocenters. The minimum atomic E-state index is -0.451. The Hall–Kier alpha value is -3.32. The maximum Gasteiger partial charge on any atom is 0.343 e. The summed E-state index contributed by atoms with van der Waals surface area (Å²) >= 11 is 1.69. The van der Waals surface area contributed by atoms with Crippen LogP contribution in [0.15, 0.2) is 42.5 Å². The van der Waals surface area contributed by atoms with Gasteiger partial charge in [-0.15, -0.1) is 11.3 Å². The van der Waals surface area contributed by atoms with Crippen molar-refractivity contribution in [2.24, 2.45) is 5.92 Å². The summed E-state index contributed by atoms with van der Waals surface area (Å²) in [5.41, 5.74) is 4.36. The summed E-state index contributed by atoms with van der Waals surface area (Å²) in [6, 6.07) is 12.5. The van der Waals surface area contributed by atoms with Gasteiger partial charge >= 0.3 is 5.97 Å². The largest absolute Gasteiger partial charge is 0.493 e. The average molecular weight is 463 g/mol. The van der Waals surface area contributed by atoms with Gasteiger partial charge in [0, 0.05) is 4.88 Å². The lowest BCUT2D eigenvalue weighted by Crippen LogP contribution is -2.38. The number of benzene rings is 2. The second kappa shape index (κ2) is 8.56. The number of nitrogens with one attached hydrogen (secondary N) is 2. The first-order valence-electron chi connectivity index (χ1n) is 11.1. The van der Waals surface area contributed by atoms with Crippen LogP contribution in [0.4, 0.5) is 5.00 Å². The van der Waals surface area contributed by atoms with E-state index in [2.05, 4.69) is 17.6 Å². The van der Waals surface area contributed by atoms with Gasteiger partial charge in [0.15, 0.2) is 11.5 Å². The highest BCUT2D eigenvalue weighted by Gasteiger charge is 2.33. The predicted molar refractivity (Wildman–Crippen MR) is 128 cm³/mol. The number of fused-ring (bicyclic) bond motifs is 3. The van der Waals surface area contributed by atoms with Crippen molar-refractivity contribution in [1.82, 2.24) is 5.32 Å². The molecule has 2 heterocycles. The Morgan fingerprint density at radius 3 is 2.64 bits per heavy atom. The van der Waals surface area contributed by atoms with E-state index < -0.39 is 12.1 Å². The Morgan fingerprint density at radius 1 is 1.09 bits per heavy atom. The van der Waals surface area contributed by atoms with Crippen molar-refractivity contribution in [1.29, 1.82) is 0 Å². The third kappa shape index (κ3) is 4.09. The SMILES string of the molecule is COc1cc([C@@H]2NC(=O)c3c(sc4c3CC[C@H](C)C4)N2)ccc1OC(=O)c1ccc(C)cc1. The van der Waals surface area contributed by atoms with Crippen LogP contribution in [0.25, 0.3) is 0 Å². The number of anilines is 1. The van der Waals surface area contributed by atoms with Gasteiger partial charge in [-0.3, -0.25) is 4.79 Å². The highest BCUT2D eigenvalue weighted by molar-refractivity contribution is 7.16. The molecule has 6 nitrogen and oxygen atoms in total. The zero-order valence-electron chi connectivity index (χ0n) is 18.9. The molecule has 7 heteroatoms. The Balaban J connectivity index is 1.38. The van der Waals surface area contributed by atoms with Crippen LogP contribution in [-0.4, -0.2) is 19.0 Å². The van der Waals surface area contributed by atoms with Gasteiger partial charge in [-0.25, -0.2) is 4.79 Å². The molecule has 2 aliphatic rings. The zero-order chi connectivity index (χ0) is 23.1. The Kier molecular flexibility index (Phi) is 5.58. The van der Waals surface area contributed by atoms with Crippen LogP contribution < -0.4 is 20.1 Å². The quantitative estimate of drug-likeness (QED) is 0.408. The van der Waals surface area contributed by atoms with Gasteiger partial charge in [-0.2, -0.15) is 0 Å². The molecule has 0 radical (unpaired) electrons. The first-order chi connectivity index (χ1) is 15.9. The van der Waals surface area contributed by atoms with Crippen molar-refractivity contribution in [3.05, 3.63) is 75.2 Å². The van der Waals surface area contributed by atoms with E-state index in [-0.39, 0.29) is 5.91 Å². The van der Waals surface area contributed by atoms with E-state index in [4.69, 9.17) is 9.47 Å². The summed E-state index contributed by atoms with van der Waals surface area (Å²) < 4.78 is 11.1. The van der Waals surface area contributed by atoms with Crippen LogP contribution >= 0.6 is 11.3 Å². The topological polar surface area (TPSA) is 76.7 Å². The van der Waals surface area contributed by atoms with E-state index in [9.17, 15) is 9.59 Å². The third-order valence-electron chi connectivity index (χ3n) is 6.30. The highest BCUT2D eigenvalue weighted by Crippen LogP contribution is 2.43. The minimum absolute atomic E-state index is 0.0466. The molecule has 2 N–H and O–H groups in total. The number of carbonyl (C=O) groups excluding carboxylic acids is 2. The van der Waals surface area contributed by atoms with Crippen molar-refractivity contribution in [2.45, 2.75) is 39.3 Å². The van der Waals surface area contributed by atoms with Gasteiger partial charge in [0.05, 0.1) is 18.2 Å². The van der Waals surface area contributed by atoms with Gasteiger partial charge in [0.2, 0.25) is 0 Å². The summed E-state index contributed by atoms with van der Waals surface area (Å²) in [4.78, 5) is 26.8. The molecule has 1 amide bonds. The lowest BCUT2D eigenvalue weighted by Gasteiger charge is -2.27. The fourth-order valence-corrected chi connectivity index (χ4v) is 5.86. The molecular weight excluding hydrogens is 436 g/mol. The number of amides is 1. The van der Waals surface area contributed by atoms with Crippen molar-refractivity contribution < 1.29 is 19.1 Å². The maximum atomic E-state index is 13.0. The molecular formula is C26H26N2O4S. The highest BCUT2D eigenvalue weighted by atomic mass is 32.1. The molecule has 0 fully saturated rings. The number of carbonyl (C=O) groups is 2. The summed E-state index contributed by atoms with van der Waals surface area (Å²) in [6.07, 6.45) is 2.71. The number of hydrogen-bond acceptors (Lipinski definition) is 6. The van der Waals surface area contributed by atoms with Gasteiger partial charge in [-0.1, -0.05) is 30.7 Å². The molecule has 1 aliphatic carbocycles. The predicted octanol–water partition coefficient (Wildman–Crippen LogP) is 5.26. The second-order valence-corrected chi connectivity index (χ2v) is 9.88. The van der Waals surface area contributed by atoms with Gasteiger partial charge in [0.1, 0.15) is 11.2 Å². The van der Waals surface area contributed by atoms with Gasteiger partial charge < -0.3 is 20.1 Å². The van der Waals surface area contributed by atoms with E-state index in [1.54, 1.807) is 35.6 Å². The van der Waals surface area contributed by atoms with Crippen LogP contribution in [0.1, 0.15) is 61.8 Å². The van der Waals surface area contributed by atoms with Crippen LogP contribution in [0.3, 0.4) is 0 Å². The van der Waals surface area contributed by atoms with Gasteiger partial charge in [0.25, 0.3) is 5.91 Å². The van der Waals surface area contributed by atoms with Gasteiger partial charge in [-0.05, 0) is 67.5 Å². The molecule has 5 rings (SSSR count). The van der Waals surface area contributed by atoms with Crippen molar-refractivity contribution in [3.8, 4) is 11.5 Å². The fraction of sp³-hybridized carbons (Fsp3) is 0.308. The smallest absolute Gasteiger partial charge is 0.343 e. The monoisotopic (exact) mass is 462 g/mol. The Morgan fingerprint density at radius 2 is 1.88 bits per heavy atom. The molecule has 0 saturated carbocycles. The molecule has 33 heavy (non-hydrogen) atoms. The second-order valence-electron chi connectivity index (χ2n) is 8.77. The van der Waals surface area contributed by atoms with E-state index >= 15 is 0 Å². The maximum absolute atomic E-state index is 13.0. The van der Waals surface area contributed by atoms with Crippen molar-refractivity contribution in [2.75, 3.05) is 12.4 Å². The molecule has 170 valence electrons. The number of hydrogen-bond donors (Lipinski definition) is 2. The third-order valence-corrected chi connectivity index (χ3v) is 7.49. The number of esters is 1. The van der Waals surface area contributed by atoms with Crippen LogP contribution in [0, 0.1) is 12.8 Å². The summed E-state index contributed by atoms with van der Waals surface area (Å²) in [7, 11) is 1.53. The molecule has 3 aromatic rings. The fourth-order valence-electron chi connectivity index (χ4n) is 4.43. The lowest BCUT2D eigenvalue weighted by molar-refractivity contribution is 0.0729. The number of rotatable bonds is 4. The zero-order valence-corrected chi connectivity index (χ0v) is 19.7. The standard InChI is InChI=1S/C26H26N2O4S/c1-14-4-7-16(8-5-14)26(30)32-19-11-9-17(13-20(19)31-3)23-27-24(29)22-18-10-6-15(2)12-21(18)33-25(22)28-23/h4-5,7-9,11,13,15,23,28H,6,10,12H2,1-3H3,(H,27,29)/t15-,23+/m0/s1. The molecule has 0 bridgehead atoms. The molecule has 1 aromatic heterocycles. The van der Waals surface area contributed by atoms with E-state index in [0.29, 0.717) is 23.0 Å². The summed E-state index contributed by atoms with van der Waals surface area (Å²) in [5, 5.41) is 7.48. The number of methoxy groups -OCH3 is 1. The number of aryl methyl sites for hydroxylation is 1. The average Bonchev–Trinajstić information content (AvgIpc) is 3.17. The number of thiophene rings is 1. The Labute approximate surface area is 196 Å². The lowest BCUT2D eigenvalue weighted by atomic mass is 9.88. The van der Waals surface area contributed by atoms with Crippen LogP contribution in [-0.2, 0) is 12.8 Å². The van der Waals surface area contributed by atoms with Crippen molar-refractivity contribution in [3.63, 3.8) is 0 Å². The first kappa shape index (κ1) is 21.5. The van der Waals surface area contributed by atoms with E-state index in [0.717, 1.165) is 41.0 Å². The molecule has 2 aromatic carbocycles. The molecule has 0 saturated heterocycles. The number of ether oxygens (including phenoxy) is 2. The molecule has 1 aliphatic heterocycles. The summed E-state index contributed by atoms with van der Waals surface area (Å²) in [6.45, 7) is 4.22. The normalized spacial score (nSPS) is 19.1. The Bertz CT molecular complexity index is 1230. The van der Waals surface area contributed by atoms with E-state index in [1.807, 2.05) is 25.1 Å². The first-order valence-corrected chi connectivity index (χ1v) is 11.9. The molecule has 2 atom stereocenters. The molecule has 0 spiro atoms. The van der Waals surface area contributed by atoms with Crippen molar-refractivity contribution >= 4 is 28.2 Å².